The van der Waals surface area contributed by atoms with Gasteiger partial charge in [-0.3, -0.25) is 4.79 Å². The number of benzene rings is 2. The number of anilines is 1. The molecule has 1 saturated heterocycles. The van der Waals surface area contributed by atoms with Crippen LogP contribution in [0.3, 0.4) is 0 Å². The Morgan fingerprint density at radius 3 is 2.64 bits per heavy atom. The van der Waals surface area contributed by atoms with Crippen LogP contribution in [0.1, 0.15) is 30.4 Å². The van der Waals surface area contributed by atoms with Crippen molar-refractivity contribution >= 4 is 41.1 Å². The predicted molar refractivity (Wildman–Crippen MR) is 111 cm³/mol. The number of nitrogens with two attached hydrogens (primary N) is 1. The molecule has 3 N–H and O–H groups in total. The molecule has 0 radical (unpaired) electrons. The van der Waals surface area contributed by atoms with Gasteiger partial charge >= 0.3 is 0 Å². The lowest BCUT2D eigenvalue weighted by Gasteiger charge is -2.41. The van der Waals surface area contributed by atoms with Gasteiger partial charge in [-0.15, -0.1) is 0 Å². The molecule has 7 heteroatoms. The molecular formula is C21H22Cl2N2O3. The van der Waals surface area contributed by atoms with Gasteiger partial charge < -0.3 is 20.6 Å². The highest BCUT2D eigenvalue weighted by Crippen LogP contribution is 2.46. The van der Waals surface area contributed by atoms with Crippen LogP contribution in [0.4, 0.5) is 5.69 Å². The highest BCUT2D eigenvalue weighted by molar-refractivity contribution is 6.31. The van der Waals surface area contributed by atoms with Gasteiger partial charge in [0.1, 0.15) is 6.29 Å². The first kappa shape index (κ1) is 20.6. The molecule has 2 aromatic rings. The number of carbonyl (C=O) groups is 2. The second-order valence-electron chi connectivity index (χ2n) is 6.84. The van der Waals surface area contributed by atoms with Gasteiger partial charge in [-0.25, -0.2) is 0 Å². The molecule has 2 aromatic carbocycles. The van der Waals surface area contributed by atoms with Crippen LogP contribution in [0, 0.1) is 0 Å². The lowest BCUT2D eigenvalue weighted by Crippen LogP contribution is -2.48. The summed E-state index contributed by atoms with van der Waals surface area (Å²) < 4.78 is 5.95. The summed E-state index contributed by atoms with van der Waals surface area (Å²) in [5.41, 5.74) is 6.90. The minimum Gasteiger partial charge on any atom is -0.398 e. The number of carbonyl (C=O) groups excluding carboxylic acids is 2. The second kappa shape index (κ2) is 8.52. The molecule has 1 amide bonds. The molecule has 3 atom stereocenters. The fourth-order valence-corrected chi connectivity index (χ4v) is 4.42. The van der Waals surface area contributed by atoms with Crippen molar-refractivity contribution in [3.8, 4) is 0 Å². The molecule has 0 spiro atoms. The second-order valence-corrected chi connectivity index (χ2v) is 7.72. The predicted octanol–water partition coefficient (Wildman–Crippen LogP) is 3.72. The van der Waals surface area contributed by atoms with Crippen LogP contribution in [0.5, 0.6) is 0 Å². The van der Waals surface area contributed by atoms with Gasteiger partial charge in [0.15, 0.2) is 0 Å². The normalized spacial score (nSPS) is 25.0. The molecule has 0 aromatic heterocycles. The van der Waals surface area contributed by atoms with Crippen molar-refractivity contribution in [2.45, 2.75) is 30.8 Å². The quantitative estimate of drug-likeness (QED) is 0.570. The fraction of sp³-hybridized carbons (Fsp3) is 0.333. The maximum Gasteiger partial charge on any atom is 0.222 e. The maximum atomic E-state index is 12.8. The number of halogens is 2. The highest BCUT2D eigenvalue weighted by atomic mass is 35.5. The number of nitrogens with one attached hydrogen (secondary N) is 1. The Morgan fingerprint density at radius 2 is 2.00 bits per heavy atom. The van der Waals surface area contributed by atoms with Gasteiger partial charge in [-0.1, -0.05) is 41.4 Å². The van der Waals surface area contributed by atoms with E-state index in [9.17, 15) is 9.59 Å². The Balaban J connectivity index is 2.29. The zero-order valence-electron chi connectivity index (χ0n) is 15.5. The van der Waals surface area contributed by atoms with Gasteiger partial charge in [0.05, 0.1) is 17.9 Å². The van der Waals surface area contributed by atoms with Crippen LogP contribution in [-0.4, -0.2) is 31.4 Å². The minimum absolute atomic E-state index is 0.0473. The third-order valence-electron chi connectivity index (χ3n) is 5.28. The number of rotatable bonds is 5. The van der Waals surface area contributed by atoms with Gasteiger partial charge in [-0.05, 0) is 42.3 Å². The summed E-state index contributed by atoms with van der Waals surface area (Å²) in [6.07, 6.45) is 0.217. The Labute approximate surface area is 174 Å². The van der Waals surface area contributed by atoms with E-state index in [1.807, 2.05) is 19.1 Å². The summed E-state index contributed by atoms with van der Waals surface area (Å²) in [5, 5.41) is 3.92. The number of aldehydes is 1. The SMILES string of the molecule is CCO[C@@H]1CC(=O)NC[C@H](c2cccc(Cl)c2)[C@]1(C=O)c1ccc(Cl)cc1N. The molecule has 28 heavy (non-hydrogen) atoms. The first-order valence-electron chi connectivity index (χ1n) is 9.08. The third kappa shape index (κ3) is 3.75. The van der Waals surface area contributed by atoms with Crippen LogP contribution >= 0.6 is 23.2 Å². The van der Waals surface area contributed by atoms with Crippen molar-refractivity contribution in [3.63, 3.8) is 0 Å². The van der Waals surface area contributed by atoms with E-state index < -0.39 is 17.4 Å². The smallest absolute Gasteiger partial charge is 0.222 e. The highest BCUT2D eigenvalue weighted by Gasteiger charge is 2.51. The zero-order valence-corrected chi connectivity index (χ0v) is 17.0. The molecule has 1 fully saturated rings. The maximum absolute atomic E-state index is 12.8. The van der Waals surface area contributed by atoms with Crippen molar-refractivity contribution in [3.05, 3.63) is 63.6 Å². The first-order valence-corrected chi connectivity index (χ1v) is 9.83. The van der Waals surface area contributed by atoms with E-state index in [0.717, 1.165) is 11.8 Å². The Bertz CT molecular complexity index is 890. The lowest BCUT2D eigenvalue weighted by molar-refractivity contribution is -0.126. The van der Waals surface area contributed by atoms with Gasteiger partial charge in [0.2, 0.25) is 5.91 Å². The van der Waals surface area contributed by atoms with E-state index in [4.69, 9.17) is 33.7 Å². The molecular weight excluding hydrogens is 399 g/mol. The van der Waals surface area contributed by atoms with E-state index in [1.54, 1.807) is 30.3 Å². The standard InChI is InChI=1S/C21H22Cl2N2O3/c1-2-28-19-10-20(27)25-11-17(13-4-3-5-14(22)8-13)21(19,12-26)16-7-6-15(23)9-18(16)24/h3-9,12,17,19H,2,10-11,24H2,1H3,(H,25,27)/t17-,19-,21+/m1/s1. The Morgan fingerprint density at radius 1 is 1.25 bits per heavy atom. The first-order chi connectivity index (χ1) is 13.4. The monoisotopic (exact) mass is 420 g/mol. The van der Waals surface area contributed by atoms with E-state index >= 15 is 0 Å². The van der Waals surface area contributed by atoms with Crippen molar-refractivity contribution in [1.82, 2.24) is 5.32 Å². The summed E-state index contributed by atoms with van der Waals surface area (Å²) in [6.45, 7) is 2.44. The Hall–Kier alpha value is -2.08. The number of amides is 1. The summed E-state index contributed by atoms with van der Waals surface area (Å²) in [5.74, 6) is -0.600. The van der Waals surface area contributed by atoms with Crippen LogP contribution in [0.25, 0.3) is 0 Å². The molecule has 3 rings (SSSR count). The molecule has 1 aliphatic heterocycles. The van der Waals surface area contributed by atoms with Crippen molar-refractivity contribution in [1.29, 1.82) is 0 Å². The Kier molecular flexibility index (Phi) is 6.28. The van der Waals surface area contributed by atoms with E-state index in [0.29, 0.717) is 27.9 Å². The van der Waals surface area contributed by atoms with Crippen LogP contribution in [-0.2, 0) is 19.7 Å². The number of hydrogen-bond donors (Lipinski definition) is 2. The van der Waals surface area contributed by atoms with Crippen molar-refractivity contribution in [2.24, 2.45) is 0 Å². The van der Waals surface area contributed by atoms with Crippen molar-refractivity contribution in [2.75, 3.05) is 18.9 Å². The molecule has 0 bridgehead atoms. The topological polar surface area (TPSA) is 81.4 Å². The number of hydrogen-bond acceptors (Lipinski definition) is 4. The summed E-state index contributed by atoms with van der Waals surface area (Å²) >= 11 is 12.3. The van der Waals surface area contributed by atoms with E-state index in [1.165, 1.54) is 0 Å². The lowest BCUT2D eigenvalue weighted by atomic mass is 9.64. The van der Waals surface area contributed by atoms with Gasteiger partial charge in [0.25, 0.3) is 0 Å². The van der Waals surface area contributed by atoms with E-state index in [-0.39, 0.29) is 18.9 Å². The van der Waals surface area contributed by atoms with Gasteiger partial charge in [-0.2, -0.15) is 0 Å². The molecule has 0 unspecified atom stereocenters. The molecule has 5 nitrogen and oxygen atoms in total. The van der Waals surface area contributed by atoms with Crippen LogP contribution in [0.2, 0.25) is 10.0 Å². The molecule has 0 saturated carbocycles. The van der Waals surface area contributed by atoms with Crippen molar-refractivity contribution < 1.29 is 14.3 Å². The molecule has 0 aliphatic carbocycles. The average molecular weight is 421 g/mol. The summed E-state index contributed by atoms with van der Waals surface area (Å²) in [6, 6.07) is 12.3. The molecule has 1 aliphatic rings. The van der Waals surface area contributed by atoms with E-state index in [2.05, 4.69) is 5.32 Å². The fourth-order valence-electron chi connectivity index (χ4n) is 4.04. The largest absolute Gasteiger partial charge is 0.398 e. The molecule has 1 heterocycles. The zero-order chi connectivity index (χ0) is 20.3. The number of ether oxygens (including phenoxy) is 1. The van der Waals surface area contributed by atoms with Gasteiger partial charge in [0, 0.05) is 34.8 Å². The average Bonchev–Trinajstić information content (AvgIpc) is 2.79. The van der Waals surface area contributed by atoms with Crippen LogP contribution < -0.4 is 11.1 Å². The summed E-state index contributed by atoms with van der Waals surface area (Å²) in [4.78, 5) is 25.2. The summed E-state index contributed by atoms with van der Waals surface area (Å²) in [7, 11) is 0. The number of nitrogen functional groups attached to an aromatic ring is 1. The minimum atomic E-state index is -1.19. The third-order valence-corrected chi connectivity index (χ3v) is 5.75. The van der Waals surface area contributed by atoms with Crippen LogP contribution in [0.15, 0.2) is 42.5 Å². The molecule has 148 valence electrons.